The van der Waals surface area contributed by atoms with Crippen molar-refractivity contribution < 1.29 is 5.11 Å². The number of phenolic OH excluding ortho intramolecular Hbond substituents is 1. The largest absolute Gasteiger partial charge is 0.508 e. The molecule has 0 bridgehead atoms. The van der Waals surface area contributed by atoms with E-state index in [1.807, 2.05) is 13.8 Å². The van der Waals surface area contributed by atoms with Crippen LogP contribution in [0.25, 0.3) is 16.0 Å². The van der Waals surface area contributed by atoms with Crippen LogP contribution in [0.15, 0.2) is 29.2 Å². The standard InChI is InChI=1S/C14H12ClN3O2S/c1-7(2)12-17-10-5-8(19)3-4-9(10)13(20)18(12)14-16-6-11(15)21-14/h3-7,19H,1-2H3. The molecule has 0 fully saturated rings. The van der Waals surface area contributed by atoms with Crippen molar-refractivity contribution in [3.05, 3.63) is 44.9 Å². The molecule has 21 heavy (non-hydrogen) atoms. The molecule has 2 aromatic heterocycles. The zero-order valence-electron chi connectivity index (χ0n) is 11.4. The van der Waals surface area contributed by atoms with Crippen LogP contribution in [0.3, 0.4) is 0 Å². The zero-order chi connectivity index (χ0) is 15.1. The van der Waals surface area contributed by atoms with Crippen molar-refractivity contribution in [3.63, 3.8) is 0 Å². The van der Waals surface area contributed by atoms with Crippen LogP contribution in [-0.4, -0.2) is 19.6 Å². The van der Waals surface area contributed by atoms with E-state index >= 15 is 0 Å². The summed E-state index contributed by atoms with van der Waals surface area (Å²) < 4.78 is 2.00. The SMILES string of the molecule is CC(C)c1nc2cc(O)ccc2c(=O)n1-c1ncc(Cl)s1. The number of aromatic nitrogens is 3. The van der Waals surface area contributed by atoms with Crippen molar-refractivity contribution in [1.82, 2.24) is 14.5 Å². The van der Waals surface area contributed by atoms with E-state index in [2.05, 4.69) is 9.97 Å². The van der Waals surface area contributed by atoms with Crippen LogP contribution < -0.4 is 5.56 Å². The fraction of sp³-hybridized carbons (Fsp3) is 0.214. The average molecular weight is 322 g/mol. The highest BCUT2D eigenvalue weighted by Gasteiger charge is 2.17. The van der Waals surface area contributed by atoms with Gasteiger partial charge in [0.15, 0.2) is 5.13 Å². The molecule has 7 heteroatoms. The van der Waals surface area contributed by atoms with Crippen LogP contribution in [0, 0.1) is 0 Å². The minimum Gasteiger partial charge on any atom is -0.508 e. The highest BCUT2D eigenvalue weighted by atomic mass is 35.5. The van der Waals surface area contributed by atoms with E-state index in [4.69, 9.17) is 11.6 Å². The van der Waals surface area contributed by atoms with Gasteiger partial charge in [0.25, 0.3) is 5.56 Å². The van der Waals surface area contributed by atoms with Gasteiger partial charge in [0.2, 0.25) is 0 Å². The van der Waals surface area contributed by atoms with Gasteiger partial charge in [-0.2, -0.15) is 0 Å². The third-order valence-corrected chi connectivity index (χ3v) is 4.15. The molecule has 0 unspecified atom stereocenters. The molecule has 5 nitrogen and oxygen atoms in total. The van der Waals surface area contributed by atoms with Gasteiger partial charge in [-0.05, 0) is 12.1 Å². The molecule has 3 rings (SSSR count). The number of rotatable bonds is 2. The van der Waals surface area contributed by atoms with Crippen molar-refractivity contribution in [2.24, 2.45) is 0 Å². The van der Waals surface area contributed by atoms with Crippen LogP contribution in [0.1, 0.15) is 25.6 Å². The van der Waals surface area contributed by atoms with E-state index < -0.39 is 0 Å². The molecule has 108 valence electrons. The normalized spacial score (nSPS) is 11.4. The monoisotopic (exact) mass is 321 g/mol. The van der Waals surface area contributed by atoms with E-state index in [9.17, 15) is 9.90 Å². The Hall–Kier alpha value is -1.92. The van der Waals surface area contributed by atoms with Gasteiger partial charge in [-0.1, -0.05) is 36.8 Å². The summed E-state index contributed by atoms with van der Waals surface area (Å²) in [7, 11) is 0. The lowest BCUT2D eigenvalue weighted by atomic mass is 10.1. The molecule has 0 saturated carbocycles. The van der Waals surface area contributed by atoms with Crippen molar-refractivity contribution >= 4 is 33.8 Å². The number of thiazole rings is 1. The molecule has 0 aliphatic rings. The van der Waals surface area contributed by atoms with Gasteiger partial charge < -0.3 is 5.11 Å². The molecular formula is C14H12ClN3O2S. The summed E-state index contributed by atoms with van der Waals surface area (Å²) in [6.07, 6.45) is 1.51. The molecular weight excluding hydrogens is 310 g/mol. The predicted molar refractivity (Wildman–Crippen MR) is 83.8 cm³/mol. The number of hydrogen-bond donors (Lipinski definition) is 1. The zero-order valence-corrected chi connectivity index (χ0v) is 12.9. The third-order valence-electron chi connectivity index (χ3n) is 3.05. The highest BCUT2D eigenvalue weighted by Crippen LogP contribution is 2.25. The van der Waals surface area contributed by atoms with Crippen LogP contribution in [0.4, 0.5) is 0 Å². The van der Waals surface area contributed by atoms with E-state index in [1.165, 1.54) is 34.2 Å². The van der Waals surface area contributed by atoms with Gasteiger partial charge in [-0.15, -0.1) is 0 Å². The quantitative estimate of drug-likeness (QED) is 0.786. The highest BCUT2D eigenvalue weighted by molar-refractivity contribution is 7.18. The number of fused-ring (bicyclic) bond motifs is 1. The molecule has 1 aromatic carbocycles. The first kappa shape index (κ1) is 14.0. The molecule has 0 atom stereocenters. The lowest BCUT2D eigenvalue weighted by Crippen LogP contribution is -2.24. The summed E-state index contributed by atoms with van der Waals surface area (Å²) in [5.41, 5.74) is 0.261. The van der Waals surface area contributed by atoms with Gasteiger partial charge in [0.05, 0.1) is 17.1 Å². The maximum absolute atomic E-state index is 12.7. The van der Waals surface area contributed by atoms with Gasteiger partial charge in [-0.25, -0.2) is 14.5 Å². The van der Waals surface area contributed by atoms with E-state index in [-0.39, 0.29) is 17.2 Å². The Labute approximate surface area is 129 Å². The molecule has 0 radical (unpaired) electrons. The number of nitrogens with zero attached hydrogens (tertiary/aromatic N) is 3. The van der Waals surface area contributed by atoms with Gasteiger partial charge in [0, 0.05) is 12.0 Å². The fourth-order valence-corrected chi connectivity index (χ4v) is 3.02. The Balaban J connectivity index is 2.41. The second kappa shape index (κ2) is 5.13. The van der Waals surface area contributed by atoms with Crippen molar-refractivity contribution in [3.8, 4) is 10.9 Å². The number of phenols is 1. The molecule has 3 aromatic rings. The average Bonchev–Trinajstić information content (AvgIpc) is 2.84. The van der Waals surface area contributed by atoms with Gasteiger partial charge in [0.1, 0.15) is 15.9 Å². The van der Waals surface area contributed by atoms with Crippen LogP contribution in [0.2, 0.25) is 4.34 Å². The maximum Gasteiger partial charge on any atom is 0.267 e. The Morgan fingerprint density at radius 3 is 2.76 bits per heavy atom. The van der Waals surface area contributed by atoms with Crippen LogP contribution in [-0.2, 0) is 0 Å². The molecule has 0 spiro atoms. The lowest BCUT2D eigenvalue weighted by molar-refractivity contribution is 0.476. The Morgan fingerprint density at radius 1 is 1.38 bits per heavy atom. The predicted octanol–water partition coefficient (Wildman–Crippen LogP) is 3.32. The first-order valence-corrected chi connectivity index (χ1v) is 7.54. The topological polar surface area (TPSA) is 68.0 Å². The summed E-state index contributed by atoms with van der Waals surface area (Å²) >= 11 is 7.15. The van der Waals surface area contributed by atoms with E-state index in [0.29, 0.717) is 26.2 Å². The molecule has 0 aliphatic heterocycles. The molecule has 2 heterocycles. The van der Waals surface area contributed by atoms with Crippen LogP contribution >= 0.6 is 22.9 Å². The first-order valence-electron chi connectivity index (χ1n) is 6.34. The van der Waals surface area contributed by atoms with E-state index in [1.54, 1.807) is 6.07 Å². The van der Waals surface area contributed by atoms with E-state index in [0.717, 1.165) is 0 Å². The molecule has 0 aliphatic carbocycles. The molecule has 0 amide bonds. The summed E-state index contributed by atoms with van der Waals surface area (Å²) in [5, 5.41) is 10.5. The maximum atomic E-state index is 12.7. The van der Waals surface area contributed by atoms with Crippen LogP contribution in [0.5, 0.6) is 5.75 Å². The minimum absolute atomic E-state index is 0.0205. The summed E-state index contributed by atoms with van der Waals surface area (Å²) in [5.74, 6) is 0.690. The number of aromatic hydroxyl groups is 1. The smallest absolute Gasteiger partial charge is 0.267 e. The first-order chi connectivity index (χ1) is 9.97. The van der Waals surface area contributed by atoms with Crippen molar-refractivity contribution in [1.29, 1.82) is 0 Å². The van der Waals surface area contributed by atoms with Gasteiger partial charge in [-0.3, -0.25) is 4.79 Å². The van der Waals surface area contributed by atoms with Gasteiger partial charge >= 0.3 is 0 Å². The fourth-order valence-electron chi connectivity index (χ4n) is 2.11. The minimum atomic E-state index is -0.213. The Bertz CT molecular complexity index is 886. The van der Waals surface area contributed by atoms with Crippen molar-refractivity contribution in [2.75, 3.05) is 0 Å². The lowest BCUT2D eigenvalue weighted by Gasteiger charge is -2.13. The third kappa shape index (κ3) is 2.41. The number of halogens is 1. The second-order valence-electron chi connectivity index (χ2n) is 4.91. The number of benzene rings is 1. The van der Waals surface area contributed by atoms with Crippen molar-refractivity contribution in [2.45, 2.75) is 19.8 Å². The Morgan fingerprint density at radius 2 is 2.14 bits per heavy atom. The molecule has 0 saturated heterocycles. The summed E-state index contributed by atoms with van der Waals surface area (Å²) in [4.78, 5) is 21.4. The number of hydrogen-bond acceptors (Lipinski definition) is 5. The summed E-state index contributed by atoms with van der Waals surface area (Å²) in [6, 6.07) is 4.53. The Kier molecular flexibility index (Phi) is 3.43. The second-order valence-corrected chi connectivity index (χ2v) is 6.55. The summed E-state index contributed by atoms with van der Waals surface area (Å²) in [6.45, 7) is 3.89. The molecule has 1 N–H and O–H groups in total.